The van der Waals surface area contributed by atoms with E-state index in [2.05, 4.69) is 0 Å². The molecule has 1 aliphatic rings. The molecular formula is C21H26F3NO. The van der Waals surface area contributed by atoms with Crippen molar-refractivity contribution in [3.05, 3.63) is 57.7 Å². The lowest BCUT2D eigenvalue weighted by molar-refractivity contribution is 0.0979. The number of aryl methyl sites for hydroxylation is 1. The van der Waals surface area contributed by atoms with E-state index < -0.39 is 6.43 Å². The normalized spacial score (nSPS) is 18.4. The minimum Gasteiger partial charge on any atom is -0.353 e. The first kappa shape index (κ1) is 18.7. The van der Waals surface area contributed by atoms with Crippen LogP contribution in [-0.4, -0.2) is 10.4 Å². The highest BCUT2D eigenvalue weighted by Gasteiger charge is 2.39. The largest absolute Gasteiger partial charge is 0.353 e. The van der Waals surface area contributed by atoms with E-state index in [1.807, 2.05) is 20.8 Å². The minimum absolute atomic E-state index is 0. The van der Waals surface area contributed by atoms with Gasteiger partial charge in [-0.3, -0.25) is 4.79 Å². The number of carbonyl (C=O) groups excluding carboxylic acids is 1. The van der Waals surface area contributed by atoms with Crippen LogP contribution in [0.4, 0.5) is 13.2 Å². The summed E-state index contributed by atoms with van der Waals surface area (Å²) < 4.78 is 42.8. The highest BCUT2D eigenvalue weighted by molar-refractivity contribution is 5.99. The van der Waals surface area contributed by atoms with Crippen LogP contribution in [-0.2, 0) is 18.9 Å². The molecule has 1 heterocycles. The second-order valence-electron chi connectivity index (χ2n) is 8.04. The average Bonchev–Trinajstić information content (AvgIpc) is 2.96. The molecule has 142 valence electrons. The van der Waals surface area contributed by atoms with Gasteiger partial charge in [0.1, 0.15) is 5.82 Å². The number of nitrogens with zero attached hydrogens (tertiary/aromatic N) is 1. The predicted molar refractivity (Wildman–Crippen MR) is 97.7 cm³/mol. The Morgan fingerprint density at radius 3 is 2.65 bits per heavy atom. The van der Waals surface area contributed by atoms with Crippen LogP contribution in [0.3, 0.4) is 0 Å². The summed E-state index contributed by atoms with van der Waals surface area (Å²) in [5.74, 6) is -0.477. The van der Waals surface area contributed by atoms with E-state index in [0.717, 1.165) is 17.5 Å². The topological polar surface area (TPSA) is 22.0 Å². The van der Waals surface area contributed by atoms with Crippen molar-refractivity contribution < 1.29 is 19.4 Å². The second kappa shape index (κ2) is 6.29. The van der Waals surface area contributed by atoms with Crippen molar-refractivity contribution in [3.63, 3.8) is 0 Å². The molecule has 0 radical (unpaired) electrons. The Hall–Kier alpha value is -2.04. The molecule has 0 saturated carbocycles. The summed E-state index contributed by atoms with van der Waals surface area (Å²) in [7, 11) is 1.65. The highest BCUT2D eigenvalue weighted by Crippen LogP contribution is 2.48. The summed E-state index contributed by atoms with van der Waals surface area (Å²) in [6.07, 6.45) is -0.424. The Kier molecular flexibility index (Phi) is 4.53. The maximum absolute atomic E-state index is 14.4. The molecule has 0 N–H and O–H groups in total. The molecule has 0 amide bonds. The molecule has 1 aromatic carbocycles. The van der Waals surface area contributed by atoms with Crippen LogP contribution < -0.4 is 0 Å². The highest BCUT2D eigenvalue weighted by atomic mass is 19.3. The van der Waals surface area contributed by atoms with E-state index in [-0.39, 0.29) is 41.9 Å². The minimum atomic E-state index is -2.70. The van der Waals surface area contributed by atoms with Crippen molar-refractivity contribution in [2.45, 2.75) is 58.3 Å². The molecule has 0 saturated heterocycles. The summed E-state index contributed by atoms with van der Waals surface area (Å²) >= 11 is 0. The number of Topliss-reactive ketones (excluding diaryl/α,β-unsaturated/α-hetero) is 1. The van der Waals surface area contributed by atoms with Crippen LogP contribution in [0, 0.1) is 12.7 Å². The smallest absolute Gasteiger partial charge is 0.266 e. The van der Waals surface area contributed by atoms with Gasteiger partial charge in [-0.15, -0.1) is 0 Å². The summed E-state index contributed by atoms with van der Waals surface area (Å²) in [6.45, 7) is 7.61. The maximum Gasteiger partial charge on any atom is 0.266 e. The van der Waals surface area contributed by atoms with Gasteiger partial charge in [0.2, 0.25) is 0 Å². The lowest BCUT2D eigenvalue weighted by Gasteiger charge is -2.20. The first-order chi connectivity index (χ1) is 12.0. The molecule has 1 unspecified atom stereocenters. The van der Waals surface area contributed by atoms with Crippen molar-refractivity contribution in [1.82, 2.24) is 4.57 Å². The third kappa shape index (κ3) is 2.87. The molecule has 1 aliphatic carbocycles. The number of halogens is 3. The zero-order chi connectivity index (χ0) is 19.4. The molecule has 0 fully saturated rings. The van der Waals surface area contributed by atoms with Crippen LogP contribution in [0.2, 0.25) is 0 Å². The third-order valence-corrected chi connectivity index (χ3v) is 5.67. The number of rotatable bonds is 4. The summed E-state index contributed by atoms with van der Waals surface area (Å²) in [6, 6.07) is 3.02. The number of fused-ring (bicyclic) bond motifs is 1. The average molecular weight is 365 g/mol. The SMILES string of the molecule is Cc1c(C(F)F)c(C(=O)Cc2ccc(F)c3c2C(C)CC3(C)C)cn1C.[HH]. The molecule has 2 aromatic rings. The van der Waals surface area contributed by atoms with Gasteiger partial charge in [-0.25, -0.2) is 13.2 Å². The van der Waals surface area contributed by atoms with Crippen molar-refractivity contribution in [3.8, 4) is 0 Å². The number of hydrogen-bond donors (Lipinski definition) is 0. The fourth-order valence-corrected chi connectivity index (χ4v) is 4.52. The van der Waals surface area contributed by atoms with Gasteiger partial charge in [0, 0.05) is 37.9 Å². The van der Waals surface area contributed by atoms with Crippen molar-refractivity contribution >= 4 is 5.78 Å². The van der Waals surface area contributed by atoms with E-state index in [4.69, 9.17) is 0 Å². The van der Waals surface area contributed by atoms with Crippen LogP contribution in [0.15, 0.2) is 18.3 Å². The first-order valence-corrected chi connectivity index (χ1v) is 8.83. The fraction of sp³-hybridized carbons (Fsp3) is 0.476. The number of ketones is 1. The maximum atomic E-state index is 14.4. The molecule has 2 nitrogen and oxygen atoms in total. The van der Waals surface area contributed by atoms with E-state index in [9.17, 15) is 18.0 Å². The molecule has 5 heteroatoms. The lowest BCUT2D eigenvalue weighted by atomic mass is 9.85. The van der Waals surface area contributed by atoms with E-state index in [1.165, 1.54) is 12.3 Å². The number of carbonyl (C=O) groups is 1. The molecule has 1 aromatic heterocycles. The molecule has 3 rings (SSSR count). The van der Waals surface area contributed by atoms with Crippen molar-refractivity contribution in [2.24, 2.45) is 7.05 Å². The number of aromatic nitrogens is 1. The van der Waals surface area contributed by atoms with Gasteiger partial charge in [0.05, 0.1) is 0 Å². The van der Waals surface area contributed by atoms with Gasteiger partial charge in [-0.05, 0) is 47.4 Å². The Morgan fingerprint density at radius 1 is 1.38 bits per heavy atom. The van der Waals surface area contributed by atoms with Crippen molar-refractivity contribution in [1.29, 1.82) is 0 Å². The summed E-state index contributed by atoms with van der Waals surface area (Å²) in [5.41, 5.74) is 2.22. The van der Waals surface area contributed by atoms with Crippen LogP contribution in [0.1, 0.15) is 79.3 Å². The molecule has 0 bridgehead atoms. The van der Waals surface area contributed by atoms with Crippen LogP contribution >= 0.6 is 0 Å². The first-order valence-electron chi connectivity index (χ1n) is 8.83. The van der Waals surface area contributed by atoms with Gasteiger partial charge < -0.3 is 4.57 Å². The van der Waals surface area contributed by atoms with Crippen molar-refractivity contribution in [2.75, 3.05) is 0 Å². The fourth-order valence-electron chi connectivity index (χ4n) is 4.52. The van der Waals surface area contributed by atoms with E-state index >= 15 is 0 Å². The second-order valence-corrected chi connectivity index (χ2v) is 8.04. The quantitative estimate of drug-likeness (QED) is 0.622. The predicted octanol–water partition coefficient (Wildman–Crippen LogP) is 5.87. The number of hydrogen-bond acceptors (Lipinski definition) is 1. The number of benzene rings is 1. The Balaban J connectivity index is 0.00000261. The van der Waals surface area contributed by atoms with E-state index in [0.29, 0.717) is 11.3 Å². The third-order valence-electron chi connectivity index (χ3n) is 5.67. The molecule has 0 spiro atoms. The molecule has 1 atom stereocenters. The van der Waals surface area contributed by atoms with Crippen LogP contribution in [0.5, 0.6) is 0 Å². The molecule has 0 aliphatic heterocycles. The van der Waals surface area contributed by atoms with Gasteiger partial charge in [-0.2, -0.15) is 0 Å². The van der Waals surface area contributed by atoms with E-state index in [1.54, 1.807) is 24.6 Å². The Labute approximate surface area is 153 Å². The molecular weight excluding hydrogens is 339 g/mol. The Bertz CT molecular complexity index is 886. The standard InChI is InChI=1S/C21H24F3NO.H2/c1-11-9-21(3,4)19-15(22)7-6-13(17(11)19)8-16(26)14-10-25(5)12(2)18(14)20(23)24;/h6-7,10-11,20H,8-9H2,1-5H3;1H. The lowest BCUT2D eigenvalue weighted by Crippen LogP contribution is -2.15. The monoisotopic (exact) mass is 365 g/mol. The van der Waals surface area contributed by atoms with Gasteiger partial charge in [0.25, 0.3) is 6.43 Å². The summed E-state index contributed by atoms with van der Waals surface area (Å²) in [4.78, 5) is 12.8. The summed E-state index contributed by atoms with van der Waals surface area (Å²) in [5, 5.41) is 0. The van der Waals surface area contributed by atoms with Gasteiger partial charge in [-0.1, -0.05) is 26.8 Å². The Morgan fingerprint density at radius 2 is 2.04 bits per heavy atom. The number of alkyl halides is 2. The zero-order valence-electron chi connectivity index (χ0n) is 15.8. The van der Waals surface area contributed by atoms with Crippen LogP contribution in [0.25, 0.3) is 0 Å². The molecule has 26 heavy (non-hydrogen) atoms. The van der Waals surface area contributed by atoms with Gasteiger partial charge in [0.15, 0.2) is 5.78 Å². The zero-order valence-corrected chi connectivity index (χ0v) is 15.8. The van der Waals surface area contributed by atoms with Gasteiger partial charge >= 0.3 is 0 Å².